The monoisotopic (exact) mass is 466 g/mol. The SMILES string of the molecule is COCCCNc1sc(S(=O)(=O)c2ccccc2)nc1S(=O)(=O)c1ccc(C)cc1. The minimum absolute atomic E-state index is 0.0574. The normalized spacial score (nSPS) is 12.1. The second kappa shape index (κ2) is 9.25. The van der Waals surface area contributed by atoms with Crippen molar-refractivity contribution in [2.75, 3.05) is 25.6 Å². The smallest absolute Gasteiger partial charge is 0.233 e. The molecule has 0 amide bonds. The number of methoxy groups -OCH3 is 1. The van der Waals surface area contributed by atoms with Crippen molar-refractivity contribution >= 4 is 36.0 Å². The Morgan fingerprint density at radius 3 is 2.20 bits per heavy atom. The molecule has 0 unspecified atom stereocenters. The van der Waals surface area contributed by atoms with Crippen LogP contribution in [0.4, 0.5) is 5.00 Å². The largest absolute Gasteiger partial charge is 0.385 e. The van der Waals surface area contributed by atoms with E-state index in [2.05, 4.69) is 10.3 Å². The number of benzene rings is 2. The molecule has 0 bridgehead atoms. The summed E-state index contributed by atoms with van der Waals surface area (Å²) in [6.45, 7) is 2.75. The van der Waals surface area contributed by atoms with E-state index in [1.54, 1.807) is 37.4 Å². The minimum atomic E-state index is -4.01. The first kappa shape index (κ1) is 22.4. The van der Waals surface area contributed by atoms with Gasteiger partial charge in [-0.05, 0) is 37.6 Å². The molecule has 2 aromatic carbocycles. The average molecular weight is 467 g/mol. The fourth-order valence-corrected chi connectivity index (χ4v) is 6.98. The molecule has 0 aliphatic heterocycles. The summed E-state index contributed by atoms with van der Waals surface area (Å²) in [5, 5.41) is 2.92. The van der Waals surface area contributed by atoms with Gasteiger partial charge in [0, 0.05) is 20.3 Å². The molecule has 1 aromatic heterocycles. The molecule has 160 valence electrons. The average Bonchev–Trinajstić information content (AvgIpc) is 3.18. The zero-order valence-electron chi connectivity index (χ0n) is 16.5. The topological polar surface area (TPSA) is 102 Å². The highest BCUT2D eigenvalue weighted by molar-refractivity contribution is 7.94. The van der Waals surface area contributed by atoms with Crippen molar-refractivity contribution in [3.8, 4) is 0 Å². The van der Waals surface area contributed by atoms with Crippen molar-refractivity contribution in [3.05, 3.63) is 60.2 Å². The van der Waals surface area contributed by atoms with E-state index in [0.717, 1.165) is 16.9 Å². The summed E-state index contributed by atoms with van der Waals surface area (Å²) < 4.78 is 57.1. The fourth-order valence-electron chi connectivity index (χ4n) is 2.64. The summed E-state index contributed by atoms with van der Waals surface area (Å²) in [5.74, 6) is 0. The fraction of sp³-hybridized carbons (Fsp3) is 0.250. The minimum Gasteiger partial charge on any atom is -0.385 e. The highest BCUT2D eigenvalue weighted by Gasteiger charge is 2.31. The number of hydrogen-bond acceptors (Lipinski definition) is 8. The first-order chi connectivity index (χ1) is 14.3. The lowest BCUT2D eigenvalue weighted by molar-refractivity contribution is 0.198. The van der Waals surface area contributed by atoms with E-state index in [1.165, 1.54) is 24.3 Å². The Morgan fingerprint density at radius 1 is 0.933 bits per heavy atom. The van der Waals surface area contributed by atoms with Crippen LogP contribution >= 0.6 is 11.3 Å². The third kappa shape index (κ3) is 4.72. The molecular weight excluding hydrogens is 444 g/mol. The van der Waals surface area contributed by atoms with Gasteiger partial charge in [-0.1, -0.05) is 47.2 Å². The molecule has 0 saturated carbocycles. The summed E-state index contributed by atoms with van der Waals surface area (Å²) in [4.78, 5) is 4.19. The van der Waals surface area contributed by atoms with Gasteiger partial charge in [-0.3, -0.25) is 0 Å². The van der Waals surface area contributed by atoms with Gasteiger partial charge in [-0.2, -0.15) is 0 Å². The number of thiazole rings is 1. The highest BCUT2D eigenvalue weighted by atomic mass is 32.2. The van der Waals surface area contributed by atoms with Gasteiger partial charge in [0.05, 0.1) is 9.79 Å². The van der Waals surface area contributed by atoms with E-state index in [-0.39, 0.29) is 24.2 Å². The van der Waals surface area contributed by atoms with Crippen LogP contribution in [-0.2, 0) is 24.4 Å². The lowest BCUT2D eigenvalue weighted by atomic mass is 10.2. The zero-order valence-corrected chi connectivity index (χ0v) is 19.0. The van der Waals surface area contributed by atoms with Gasteiger partial charge in [0.15, 0.2) is 5.03 Å². The lowest BCUT2D eigenvalue weighted by Crippen LogP contribution is -2.09. The number of hydrogen-bond donors (Lipinski definition) is 1. The van der Waals surface area contributed by atoms with E-state index in [0.29, 0.717) is 19.6 Å². The number of ether oxygens (including phenoxy) is 1. The van der Waals surface area contributed by atoms with E-state index >= 15 is 0 Å². The first-order valence-electron chi connectivity index (χ1n) is 9.12. The number of nitrogens with zero attached hydrogens (tertiary/aromatic N) is 1. The predicted molar refractivity (Wildman–Crippen MR) is 116 cm³/mol. The van der Waals surface area contributed by atoms with Crippen molar-refractivity contribution in [3.63, 3.8) is 0 Å². The maximum absolute atomic E-state index is 13.2. The summed E-state index contributed by atoms with van der Waals surface area (Å²) in [6, 6.07) is 14.2. The van der Waals surface area contributed by atoms with Gasteiger partial charge in [-0.25, -0.2) is 21.8 Å². The van der Waals surface area contributed by atoms with Gasteiger partial charge in [-0.15, -0.1) is 0 Å². The molecule has 0 aliphatic carbocycles. The first-order valence-corrected chi connectivity index (χ1v) is 12.9. The number of aromatic nitrogens is 1. The van der Waals surface area contributed by atoms with Crippen LogP contribution in [0.3, 0.4) is 0 Å². The maximum atomic E-state index is 13.2. The van der Waals surface area contributed by atoms with Gasteiger partial charge in [0.1, 0.15) is 5.00 Å². The summed E-state index contributed by atoms with van der Waals surface area (Å²) >= 11 is 0.814. The van der Waals surface area contributed by atoms with E-state index in [1.807, 2.05) is 6.92 Å². The number of rotatable bonds is 9. The Labute approximate surface area is 180 Å². The van der Waals surface area contributed by atoms with Crippen LogP contribution in [0.15, 0.2) is 73.8 Å². The van der Waals surface area contributed by atoms with Gasteiger partial charge < -0.3 is 10.1 Å². The summed E-state index contributed by atoms with van der Waals surface area (Å²) in [6.07, 6.45) is 0.624. The molecule has 0 aliphatic rings. The predicted octanol–water partition coefficient (Wildman–Crippen LogP) is 3.57. The lowest BCUT2D eigenvalue weighted by Gasteiger charge is -2.07. The third-order valence-corrected chi connectivity index (χ3v) is 9.24. The van der Waals surface area contributed by atoms with Crippen LogP contribution in [0.1, 0.15) is 12.0 Å². The Hall–Kier alpha value is -2.27. The molecule has 10 heteroatoms. The van der Waals surface area contributed by atoms with E-state index in [9.17, 15) is 16.8 Å². The Bertz CT molecular complexity index is 1200. The second-order valence-electron chi connectivity index (χ2n) is 6.52. The van der Waals surface area contributed by atoms with Crippen molar-refractivity contribution < 1.29 is 21.6 Å². The molecule has 0 saturated heterocycles. The van der Waals surface area contributed by atoms with Crippen molar-refractivity contribution in [1.82, 2.24) is 4.98 Å². The molecule has 30 heavy (non-hydrogen) atoms. The summed E-state index contributed by atoms with van der Waals surface area (Å²) in [7, 11) is -6.38. The Balaban J connectivity index is 2.07. The van der Waals surface area contributed by atoms with Crippen molar-refractivity contribution in [1.29, 1.82) is 0 Å². The molecule has 0 spiro atoms. The highest BCUT2D eigenvalue weighted by Crippen LogP contribution is 2.36. The second-order valence-corrected chi connectivity index (χ2v) is 11.5. The summed E-state index contributed by atoms with van der Waals surface area (Å²) in [5.41, 5.74) is 0.914. The van der Waals surface area contributed by atoms with Gasteiger partial charge in [0.2, 0.25) is 24.0 Å². The van der Waals surface area contributed by atoms with E-state index in [4.69, 9.17) is 4.74 Å². The van der Waals surface area contributed by atoms with Crippen molar-refractivity contribution in [2.45, 2.75) is 32.5 Å². The number of sulfone groups is 2. The molecule has 0 radical (unpaired) electrons. The number of aryl methyl sites for hydroxylation is 1. The third-order valence-electron chi connectivity index (χ3n) is 4.26. The molecular formula is C20H22N2O5S3. The van der Waals surface area contributed by atoms with Crippen molar-refractivity contribution in [2.24, 2.45) is 0 Å². The standard InChI is InChI=1S/C20H22N2O5S3/c1-15-9-11-17(12-10-15)29(23,24)19-18(21-13-6-14-27-2)28-20(22-19)30(25,26)16-7-4-3-5-8-16/h3-5,7-12,21H,6,13-14H2,1-2H3. The van der Waals surface area contributed by atoms with Gasteiger partial charge >= 0.3 is 0 Å². The quantitative estimate of drug-likeness (QED) is 0.481. The number of nitrogens with one attached hydrogen (secondary N) is 1. The Kier molecular flexibility index (Phi) is 6.91. The maximum Gasteiger partial charge on any atom is 0.233 e. The van der Waals surface area contributed by atoms with Crippen LogP contribution in [-0.4, -0.2) is 42.1 Å². The Morgan fingerprint density at radius 2 is 1.57 bits per heavy atom. The molecule has 7 nitrogen and oxygen atoms in total. The molecule has 0 atom stereocenters. The molecule has 1 heterocycles. The van der Waals surface area contributed by atoms with Crippen LogP contribution < -0.4 is 5.32 Å². The molecule has 0 fully saturated rings. The van der Waals surface area contributed by atoms with Crippen LogP contribution in [0, 0.1) is 6.92 Å². The molecule has 1 N–H and O–H groups in total. The van der Waals surface area contributed by atoms with Gasteiger partial charge in [0.25, 0.3) is 0 Å². The van der Waals surface area contributed by atoms with E-state index < -0.39 is 19.7 Å². The molecule has 3 aromatic rings. The number of anilines is 1. The zero-order chi connectivity index (χ0) is 21.8. The van der Waals surface area contributed by atoms with Crippen LogP contribution in [0.2, 0.25) is 0 Å². The molecule has 3 rings (SSSR count). The van der Waals surface area contributed by atoms with Crippen LogP contribution in [0.5, 0.6) is 0 Å². The van der Waals surface area contributed by atoms with Crippen LogP contribution in [0.25, 0.3) is 0 Å².